The fourth-order valence-corrected chi connectivity index (χ4v) is 2.04. The van der Waals surface area contributed by atoms with E-state index in [0.29, 0.717) is 17.8 Å². The summed E-state index contributed by atoms with van der Waals surface area (Å²) in [5.41, 5.74) is -0.247. The minimum absolute atomic E-state index is 0. The molecule has 0 saturated carbocycles. The third-order valence-electron chi connectivity index (χ3n) is 2.85. The molecule has 14 heavy (non-hydrogen) atoms. The third-order valence-corrected chi connectivity index (χ3v) is 2.85. The van der Waals surface area contributed by atoms with Crippen molar-refractivity contribution in [2.45, 2.75) is 39.4 Å². The summed E-state index contributed by atoms with van der Waals surface area (Å²) in [6, 6.07) is 0.250. The molecule has 0 aliphatic carbocycles. The number of azo groups is 1. The number of halogens is 1. The molecule has 0 aromatic heterocycles. The van der Waals surface area contributed by atoms with E-state index in [-0.39, 0.29) is 24.1 Å². The highest BCUT2D eigenvalue weighted by Gasteiger charge is 2.52. The van der Waals surface area contributed by atoms with E-state index in [0.717, 1.165) is 0 Å². The zero-order valence-electron chi connectivity index (χ0n) is 8.98. The van der Waals surface area contributed by atoms with Crippen molar-refractivity contribution >= 4 is 18.4 Å². The van der Waals surface area contributed by atoms with E-state index in [1.807, 2.05) is 0 Å². The summed E-state index contributed by atoms with van der Waals surface area (Å²) in [6.45, 7) is 8.67. The van der Waals surface area contributed by atoms with Crippen LogP contribution in [0.4, 0.5) is 0 Å². The van der Waals surface area contributed by atoms with Gasteiger partial charge in [-0.05, 0) is 5.92 Å². The number of rotatable bonds is 2. The van der Waals surface area contributed by atoms with Crippen LogP contribution in [0.1, 0.15) is 27.7 Å². The molecule has 0 saturated heterocycles. The Bertz CT molecular complexity index is 285. The Hall–Kier alpha value is -0.640. The minimum atomic E-state index is -0.247. The lowest BCUT2D eigenvalue weighted by Gasteiger charge is -2.33. The van der Waals surface area contributed by atoms with Gasteiger partial charge in [-0.15, -0.1) is 17.5 Å². The van der Waals surface area contributed by atoms with Crippen molar-refractivity contribution in [1.82, 2.24) is 5.32 Å². The maximum Gasteiger partial charge on any atom is 0.240 e. The second-order valence-corrected chi connectivity index (χ2v) is 4.45. The zero-order valence-corrected chi connectivity index (χ0v) is 9.80. The SMILES string of the molecule is CC(C)C1N=C2N=NC1(C(C)C)N2.Cl. The van der Waals surface area contributed by atoms with Crippen LogP contribution >= 0.6 is 12.4 Å². The van der Waals surface area contributed by atoms with Crippen molar-refractivity contribution in [3.63, 3.8) is 0 Å². The van der Waals surface area contributed by atoms with Gasteiger partial charge in [0.1, 0.15) is 6.04 Å². The predicted molar refractivity (Wildman–Crippen MR) is 58.9 cm³/mol. The summed E-state index contributed by atoms with van der Waals surface area (Å²) >= 11 is 0. The van der Waals surface area contributed by atoms with Gasteiger partial charge < -0.3 is 5.32 Å². The fraction of sp³-hybridized carbons (Fsp3) is 0.889. The lowest BCUT2D eigenvalue weighted by atomic mass is 9.84. The summed E-state index contributed by atoms with van der Waals surface area (Å²) in [5, 5.41) is 11.6. The Morgan fingerprint density at radius 3 is 2.29 bits per heavy atom. The van der Waals surface area contributed by atoms with E-state index in [2.05, 4.69) is 48.2 Å². The summed E-state index contributed by atoms with van der Waals surface area (Å²) in [7, 11) is 0. The highest BCUT2D eigenvalue weighted by molar-refractivity contribution is 5.85. The molecular weight excluding hydrogens is 200 g/mol. The van der Waals surface area contributed by atoms with Crippen molar-refractivity contribution in [1.29, 1.82) is 0 Å². The van der Waals surface area contributed by atoms with Gasteiger partial charge in [-0.1, -0.05) is 27.7 Å². The average Bonchev–Trinajstić information content (AvgIpc) is 2.60. The van der Waals surface area contributed by atoms with Gasteiger partial charge in [0.2, 0.25) is 5.96 Å². The van der Waals surface area contributed by atoms with Gasteiger partial charge in [-0.3, -0.25) is 0 Å². The highest BCUT2D eigenvalue weighted by atomic mass is 35.5. The molecule has 0 radical (unpaired) electrons. The van der Waals surface area contributed by atoms with Crippen LogP contribution < -0.4 is 5.32 Å². The van der Waals surface area contributed by atoms with E-state index >= 15 is 0 Å². The van der Waals surface area contributed by atoms with Crippen molar-refractivity contribution in [2.24, 2.45) is 27.1 Å². The van der Waals surface area contributed by atoms with E-state index in [1.165, 1.54) is 0 Å². The molecule has 80 valence electrons. The summed E-state index contributed by atoms with van der Waals surface area (Å²) < 4.78 is 0. The Labute approximate surface area is 90.7 Å². The molecule has 0 aromatic rings. The van der Waals surface area contributed by atoms with Crippen LogP contribution in [0.25, 0.3) is 0 Å². The van der Waals surface area contributed by atoms with Crippen LogP contribution in [0.5, 0.6) is 0 Å². The molecule has 1 N–H and O–H groups in total. The molecule has 2 bridgehead atoms. The van der Waals surface area contributed by atoms with Gasteiger partial charge in [-0.2, -0.15) is 5.11 Å². The standard InChI is InChI=1S/C9H16N4.ClH/c1-5(2)7-9(6(3)4)11-8(10-7)12-13-9;/h5-7H,1-4H3,(H,10,11);1H. The first kappa shape index (κ1) is 11.4. The molecule has 2 aliphatic rings. The van der Waals surface area contributed by atoms with E-state index in [4.69, 9.17) is 0 Å². The van der Waals surface area contributed by atoms with Gasteiger partial charge in [-0.25, -0.2) is 4.99 Å². The average molecular weight is 217 g/mol. The normalized spacial score (nSPS) is 33.3. The molecule has 0 aromatic carbocycles. The lowest BCUT2D eigenvalue weighted by Crippen LogP contribution is -2.51. The third kappa shape index (κ3) is 1.32. The van der Waals surface area contributed by atoms with Gasteiger partial charge in [0.05, 0.1) is 0 Å². The predicted octanol–water partition coefficient (Wildman–Crippen LogP) is 2.21. The number of nitrogens with zero attached hydrogens (tertiary/aromatic N) is 3. The lowest BCUT2D eigenvalue weighted by molar-refractivity contribution is 0.215. The molecule has 2 aliphatic heterocycles. The van der Waals surface area contributed by atoms with Crippen molar-refractivity contribution < 1.29 is 0 Å². The zero-order chi connectivity index (χ0) is 9.64. The number of guanidine groups is 1. The smallest absolute Gasteiger partial charge is 0.240 e. The van der Waals surface area contributed by atoms with Crippen LogP contribution in [0.2, 0.25) is 0 Å². The van der Waals surface area contributed by atoms with E-state index < -0.39 is 0 Å². The van der Waals surface area contributed by atoms with Gasteiger partial charge in [0, 0.05) is 5.92 Å². The number of aliphatic imine (C=N–C) groups is 1. The Balaban J connectivity index is 0.000000980. The monoisotopic (exact) mass is 216 g/mol. The van der Waals surface area contributed by atoms with Crippen molar-refractivity contribution in [3.8, 4) is 0 Å². The molecule has 2 rings (SSSR count). The minimum Gasteiger partial charge on any atom is -0.325 e. The van der Waals surface area contributed by atoms with Gasteiger partial charge >= 0.3 is 0 Å². The van der Waals surface area contributed by atoms with Crippen LogP contribution in [0, 0.1) is 11.8 Å². The summed E-state index contributed by atoms with van der Waals surface area (Å²) in [4.78, 5) is 4.49. The van der Waals surface area contributed by atoms with Crippen LogP contribution in [-0.2, 0) is 0 Å². The van der Waals surface area contributed by atoms with E-state index in [9.17, 15) is 0 Å². The Morgan fingerprint density at radius 2 is 1.93 bits per heavy atom. The molecule has 5 heteroatoms. The van der Waals surface area contributed by atoms with Crippen LogP contribution in [0.3, 0.4) is 0 Å². The quantitative estimate of drug-likeness (QED) is 0.756. The van der Waals surface area contributed by atoms with Gasteiger partial charge in [0.25, 0.3) is 0 Å². The van der Waals surface area contributed by atoms with Crippen LogP contribution in [0.15, 0.2) is 15.2 Å². The first-order valence-electron chi connectivity index (χ1n) is 4.85. The number of hydrogen-bond acceptors (Lipinski definition) is 4. The molecule has 0 amide bonds. The molecule has 2 heterocycles. The molecular formula is C9H17ClN4. The summed E-state index contributed by atoms with van der Waals surface area (Å²) in [5.74, 6) is 1.64. The molecule has 2 atom stereocenters. The first-order chi connectivity index (χ1) is 6.06. The highest BCUT2D eigenvalue weighted by Crippen LogP contribution is 2.37. The Morgan fingerprint density at radius 1 is 1.29 bits per heavy atom. The van der Waals surface area contributed by atoms with Crippen LogP contribution in [-0.4, -0.2) is 17.7 Å². The first-order valence-corrected chi connectivity index (χ1v) is 4.85. The molecule has 0 fully saturated rings. The Kier molecular flexibility index (Phi) is 2.86. The largest absolute Gasteiger partial charge is 0.325 e. The summed E-state index contributed by atoms with van der Waals surface area (Å²) in [6.07, 6.45) is 0. The van der Waals surface area contributed by atoms with Crippen molar-refractivity contribution in [2.75, 3.05) is 0 Å². The number of fused-ring (bicyclic) bond motifs is 2. The second-order valence-electron chi connectivity index (χ2n) is 4.45. The maximum atomic E-state index is 4.49. The van der Waals surface area contributed by atoms with Crippen molar-refractivity contribution in [3.05, 3.63) is 0 Å². The van der Waals surface area contributed by atoms with Gasteiger partial charge in [0.15, 0.2) is 5.66 Å². The maximum absolute atomic E-state index is 4.49. The molecule has 2 unspecified atom stereocenters. The molecule has 4 nitrogen and oxygen atoms in total. The van der Waals surface area contributed by atoms with E-state index in [1.54, 1.807) is 0 Å². The second kappa shape index (κ2) is 3.50. The molecule has 0 spiro atoms. The number of nitrogens with one attached hydrogen (secondary N) is 1. The fourth-order valence-electron chi connectivity index (χ4n) is 2.04. The topological polar surface area (TPSA) is 49.1 Å². The number of hydrogen-bond donors (Lipinski definition) is 1.